The highest BCUT2D eigenvalue weighted by atomic mass is 32.2. The third kappa shape index (κ3) is 3.08. The van der Waals surface area contributed by atoms with Crippen LogP contribution >= 0.6 is 11.8 Å². The number of nitrogen functional groups attached to an aromatic ring is 1. The molecule has 0 fully saturated rings. The van der Waals surface area contributed by atoms with Gasteiger partial charge in [0.25, 0.3) is 5.91 Å². The summed E-state index contributed by atoms with van der Waals surface area (Å²) in [5, 5.41) is 6.38. The van der Waals surface area contributed by atoms with Crippen LogP contribution in [0.15, 0.2) is 35.4 Å². The van der Waals surface area contributed by atoms with Gasteiger partial charge in [-0.15, -0.1) is 11.8 Å². The molecule has 2 aromatic rings. The van der Waals surface area contributed by atoms with E-state index in [2.05, 4.69) is 10.2 Å². The number of benzene rings is 1. The quantitative estimate of drug-likeness (QED) is 0.837. The van der Waals surface area contributed by atoms with Gasteiger partial charge in [-0.3, -0.25) is 9.89 Å². The fraction of sp³-hybridized carbons (Fsp3) is 0.231. The maximum absolute atomic E-state index is 12.1. The second-order valence-corrected chi connectivity index (χ2v) is 5.09. The molecule has 6 heteroatoms. The Labute approximate surface area is 116 Å². The number of nitrogens with two attached hydrogens (primary N) is 1. The molecule has 1 aromatic heterocycles. The van der Waals surface area contributed by atoms with Crippen molar-refractivity contribution in [1.29, 1.82) is 0 Å². The molecule has 0 atom stereocenters. The van der Waals surface area contributed by atoms with Crippen LogP contribution in [-0.4, -0.2) is 34.3 Å². The number of hydrogen-bond donors (Lipinski definition) is 2. The monoisotopic (exact) mass is 276 g/mol. The van der Waals surface area contributed by atoms with Crippen LogP contribution in [0, 0.1) is 0 Å². The van der Waals surface area contributed by atoms with E-state index in [0.29, 0.717) is 17.9 Å². The number of thioether (sulfide) groups is 1. The summed E-state index contributed by atoms with van der Waals surface area (Å²) < 4.78 is 0. The highest BCUT2D eigenvalue weighted by Crippen LogP contribution is 2.16. The van der Waals surface area contributed by atoms with Crippen molar-refractivity contribution in [2.24, 2.45) is 0 Å². The predicted octanol–water partition coefficient (Wildman–Crippen LogP) is 1.99. The lowest BCUT2D eigenvalue weighted by Crippen LogP contribution is -2.27. The van der Waals surface area contributed by atoms with Crippen LogP contribution in [-0.2, 0) is 6.54 Å². The topological polar surface area (TPSA) is 75.0 Å². The van der Waals surface area contributed by atoms with E-state index in [9.17, 15) is 4.79 Å². The van der Waals surface area contributed by atoms with Gasteiger partial charge in [0, 0.05) is 18.5 Å². The first-order valence-corrected chi connectivity index (χ1v) is 7.01. The normalized spacial score (nSPS) is 10.4. The minimum Gasteiger partial charge on any atom is -0.396 e. The van der Waals surface area contributed by atoms with Gasteiger partial charge in [0.2, 0.25) is 0 Å². The first-order chi connectivity index (χ1) is 9.11. The zero-order valence-corrected chi connectivity index (χ0v) is 11.7. The van der Waals surface area contributed by atoms with Crippen molar-refractivity contribution in [2.75, 3.05) is 19.0 Å². The van der Waals surface area contributed by atoms with E-state index in [1.54, 1.807) is 23.7 Å². The lowest BCUT2D eigenvalue weighted by Gasteiger charge is -2.16. The van der Waals surface area contributed by atoms with Crippen LogP contribution in [0.3, 0.4) is 0 Å². The maximum Gasteiger partial charge on any atom is 0.274 e. The van der Waals surface area contributed by atoms with Crippen molar-refractivity contribution in [3.05, 3.63) is 41.7 Å². The molecule has 0 spiro atoms. The molecule has 3 N–H and O–H groups in total. The number of H-pyrrole nitrogens is 1. The minimum atomic E-state index is -0.163. The molecule has 0 bridgehead atoms. The van der Waals surface area contributed by atoms with Gasteiger partial charge in [-0.25, -0.2) is 0 Å². The Morgan fingerprint density at radius 1 is 1.42 bits per heavy atom. The molecule has 0 aliphatic rings. The third-order valence-corrected chi connectivity index (χ3v) is 3.55. The fourth-order valence-electron chi connectivity index (χ4n) is 1.73. The minimum absolute atomic E-state index is 0.163. The molecule has 0 aliphatic carbocycles. The summed E-state index contributed by atoms with van der Waals surface area (Å²) in [7, 11) is 1.74. The summed E-state index contributed by atoms with van der Waals surface area (Å²) in [6.45, 7) is 0.534. The van der Waals surface area contributed by atoms with Crippen LogP contribution < -0.4 is 5.73 Å². The Hall–Kier alpha value is -1.95. The average Bonchev–Trinajstić information content (AvgIpc) is 2.85. The standard InChI is InChI=1S/C13H16N4OS/c1-17(13(18)12-11(14)7-15-16-12)8-9-3-5-10(19-2)6-4-9/h3-7H,8,14H2,1-2H3,(H,15,16). The molecule has 100 valence electrons. The molecule has 0 saturated carbocycles. The molecule has 0 unspecified atom stereocenters. The van der Waals surface area contributed by atoms with Crippen molar-refractivity contribution in [3.63, 3.8) is 0 Å². The average molecular weight is 276 g/mol. The molecule has 1 amide bonds. The summed E-state index contributed by atoms with van der Waals surface area (Å²) >= 11 is 1.69. The fourth-order valence-corrected chi connectivity index (χ4v) is 2.14. The first kappa shape index (κ1) is 13.5. The highest BCUT2D eigenvalue weighted by Gasteiger charge is 2.16. The summed E-state index contributed by atoms with van der Waals surface area (Å²) in [4.78, 5) is 14.9. The van der Waals surface area contributed by atoms with Crippen LogP contribution in [0.2, 0.25) is 0 Å². The van der Waals surface area contributed by atoms with Crippen molar-refractivity contribution in [3.8, 4) is 0 Å². The number of nitrogens with zero attached hydrogens (tertiary/aromatic N) is 2. The largest absolute Gasteiger partial charge is 0.396 e. The summed E-state index contributed by atoms with van der Waals surface area (Å²) in [6.07, 6.45) is 3.47. The molecular formula is C13H16N4OS. The lowest BCUT2D eigenvalue weighted by molar-refractivity contribution is 0.0780. The van der Waals surface area contributed by atoms with E-state index in [0.717, 1.165) is 5.56 Å². The maximum atomic E-state index is 12.1. The van der Waals surface area contributed by atoms with E-state index in [1.165, 1.54) is 11.1 Å². The number of aromatic amines is 1. The van der Waals surface area contributed by atoms with Gasteiger partial charge in [-0.05, 0) is 24.0 Å². The molecule has 0 radical (unpaired) electrons. The Morgan fingerprint density at radius 3 is 2.63 bits per heavy atom. The molecule has 2 rings (SSSR count). The summed E-state index contributed by atoms with van der Waals surface area (Å²) in [5.41, 5.74) is 7.45. The van der Waals surface area contributed by atoms with Crippen molar-refractivity contribution >= 4 is 23.4 Å². The number of hydrogen-bond acceptors (Lipinski definition) is 4. The number of carbonyl (C=O) groups excluding carboxylic acids is 1. The Morgan fingerprint density at radius 2 is 2.11 bits per heavy atom. The zero-order chi connectivity index (χ0) is 13.8. The summed E-state index contributed by atoms with van der Waals surface area (Å²) in [5.74, 6) is -0.163. The number of rotatable bonds is 4. The molecule has 0 saturated heterocycles. The van der Waals surface area contributed by atoms with Crippen LogP contribution in [0.1, 0.15) is 16.1 Å². The lowest BCUT2D eigenvalue weighted by atomic mass is 10.2. The third-order valence-electron chi connectivity index (χ3n) is 2.81. The SMILES string of the molecule is CSc1ccc(CN(C)C(=O)c2[nH]ncc2N)cc1. The van der Waals surface area contributed by atoms with Gasteiger partial charge in [-0.2, -0.15) is 5.10 Å². The Kier molecular flexibility index (Phi) is 4.11. The van der Waals surface area contributed by atoms with Crippen molar-refractivity contribution in [2.45, 2.75) is 11.4 Å². The first-order valence-electron chi connectivity index (χ1n) is 5.79. The second kappa shape index (κ2) is 5.79. The number of amides is 1. The van der Waals surface area contributed by atoms with Crippen LogP contribution in [0.4, 0.5) is 5.69 Å². The Balaban J connectivity index is 2.06. The molecule has 1 aromatic carbocycles. The van der Waals surface area contributed by atoms with Gasteiger partial charge < -0.3 is 10.6 Å². The van der Waals surface area contributed by atoms with Gasteiger partial charge >= 0.3 is 0 Å². The van der Waals surface area contributed by atoms with E-state index in [-0.39, 0.29) is 5.91 Å². The molecule has 5 nitrogen and oxygen atoms in total. The second-order valence-electron chi connectivity index (χ2n) is 4.21. The number of nitrogens with one attached hydrogen (secondary N) is 1. The predicted molar refractivity (Wildman–Crippen MR) is 77.0 cm³/mol. The Bertz CT molecular complexity index is 564. The van der Waals surface area contributed by atoms with Crippen molar-refractivity contribution < 1.29 is 4.79 Å². The number of aromatic nitrogens is 2. The smallest absolute Gasteiger partial charge is 0.274 e. The van der Waals surface area contributed by atoms with Gasteiger partial charge in [0.05, 0.1) is 11.9 Å². The van der Waals surface area contributed by atoms with Crippen molar-refractivity contribution in [1.82, 2.24) is 15.1 Å². The number of carbonyl (C=O) groups is 1. The number of anilines is 1. The van der Waals surface area contributed by atoms with E-state index in [4.69, 9.17) is 5.73 Å². The molecular weight excluding hydrogens is 260 g/mol. The van der Waals surface area contributed by atoms with Crippen LogP contribution in [0.5, 0.6) is 0 Å². The van der Waals surface area contributed by atoms with Gasteiger partial charge in [-0.1, -0.05) is 12.1 Å². The van der Waals surface area contributed by atoms with Crippen LogP contribution in [0.25, 0.3) is 0 Å². The van der Waals surface area contributed by atoms with E-state index >= 15 is 0 Å². The van der Waals surface area contributed by atoms with E-state index in [1.807, 2.05) is 30.5 Å². The highest BCUT2D eigenvalue weighted by molar-refractivity contribution is 7.98. The molecule has 19 heavy (non-hydrogen) atoms. The van der Waals surface area contributed by atoms with Gasteiger partial charge in [0.15, 0.2) is 0 Å². The molecule has 0 aliphatic heterocycles. The molecule has 1 heterocycles. The zero-order valence-electron chi connectivity index (χ0n) is 10.9. The summed E-state index contributed by atoms with van der Waals surface area (Å²) in [6, 6.07) is 8.13. The van der Waals surface area contributed by atoms with E-state index < -0.39 is 0 Å². The van der Waals surface area contributed by atoms with Gasteiger partial charge in [0.1, 0.15) is 5.69 Å².